The van der Waals surface area contributed by atoms with Crippen LogP contribution in [0.4, 0.5) is 5.82 Å². The van der Waals surface area contributed by atoms with E-state index in [2.05, 4.69) is 10.1 Å². The summed E-state index contributed by atoms with van der Waals surface area (Å²) in [5.74, 6) is -0.174. The van der Waals surface area contributed by atoms with Gasteiger partial charge in [0.2, 0.25) is 5.96 Å². The maximum absolute atomic E-state index is 12.9. The first-order chi connectivity index (χ1) is 18.3. The topological polar surface area (TPSA) is 163 Å². The van der Waals surface area contributed by atoms with Gasteiger partial charge in [-0.3, -0.25) is 15.6 Å². The fourth-order valence-corrected chi connectivity index (χ4v) is 7.09. The Bertz CT molecular complexity index is 1620. The molecule has 3 atom stereocenters. The first kappa shape index (κ1) is 24.3. The number of sulfone groups is 1. The molecule has 2 aliphatic heterocycles. The number of guanidine groups is 1. The van der Waals surface area contributed by atoms with Crippen molar-refractivity contribution in [3.63, 3.8) is 0 Å². The normalized spacial score (nSPS) is 21.1. The van der Waals surface area contributed by atoms with E-state index in [9.17, 15) is 13.6 Å². The van der Waals surface area contributed by atoms with Crippen molar-refractivity contribution in [2.75, 3.05) is 12.0 Å². The van der Waals surface area contributed by atoms with Crippen LogP contribution in [0, 0.1) is 5.41 Å². The van der Waals surface area contributed by atoms with Crippen LogP contribution in [-0.4, -0.2) is 62.4 Å². The Hall–Kier alpha value is -4.03. The third kappa shape index (κ3) is 3.96. The zero-order chi connectivity index (χ0) is 26.6. The zero-order valence-electron chi connectivity index (χ0n) is 20.7. The Morgan fingerprint density at radius 3 is 2.39 bits per heavy atom. The first-order valence-corrected chi connectivity index (χ1v) is 14.3. The lowest BCUT2D eigenvalue weighted by Crippen LogP contribution is -2.50. The monoisotopic (exact) mass is 532 g/mol. The fraction of sp³-hybridized carbons (Fsp3) is 0.308. The van der Waals surface area contributed by atoms with E-state index >= 15 is 0 Å². The summed E-state index contributed by atoms with van der Waals surface area (Å²) in [5, 5.41) is 21.8. The molecule has 2 saturated heterocycles. The van der Waals surface area contributed by atoms with E-state index in [1.807, 2.05) is 52.8 Å². The minimum absolute atomic E-state index is 0.00308. The number of fused-ring (bicyclic) bond motifs is 3. The molecule has 2 bridgehead atoms. The molecule has 6 rings (SSSR count). The number of benzene rings is 1. The number of hydrogen-bond acceptors (Lipinski definition) is 8. The van der Waals surface area contributed by atoms with E-state index in [-0.39, 0.29) is 34.7 Å². The van der Waals surface area contributed by atoms with Gasteiger partial charge >= 0.3 is 0 Å². The average Bonchev–Trinajstić information content (AvgIpc) is 3.46. The van der Waals surface area contributed by atoms with Gasteiger partial charge in [0.25, 0.3) is 0 Å². The van der Waals surface area contributed by atoms with Gasteiger partial charge in [0, 0.05) is 47.1 Å². The largest absolute Gasteiger partial charge is 0.382 e. The Morgan fingerprint density at radius 1 is 1.08 bits per heavy atom. The first-order valence-electron chi connectivity index (χ1n) is 12.4. The van der Waals surface area contributed by atoms with Crippen LogP contribution < -0.4 is 11.2 Å². The van der Waals surface area contributed by atoms with E-state index in [0.29, 0.717) is 29.7 Å². The number of nitrogens with two attached hydrogens (primary N) is 1. The standard InChI is InChI=1S/C26H28N8O3S/c1-38(36,37)23-22(17-11-18-8-9-19(12-17)33(18)26(28)32-35)31-25-20(14-30-34(25)24(23)27)16-7-10-21(29-13-16)15-5-3-2-4-6-15/h2-7,10,13-14,17-19,35H,8-9,11-12,27H2,1H3,(H2,28,32)/t17-,18-,19+. The molecule has 0 radical (unpaired) electrons. The number of nitrogens with one attached hydrogen (secondary N) is 2. The molecule has 0 saturated carbocycles. The molecule has 1 aromatic carbocycles. The molecule has 5 heterocycles. The van der Waals surface area contributed by atoms with E-state index in [0.717, 1.165) is 35.9 Å². The molecule has 0 amide bonds. The number of hydroxylamine groups is 1. The number of hydrogen-bond donors (Lipinski definition) is 4. The number of nitrogens with zero attached hydrogens (tertiary/aromatic N) is 5. The van der Waals surface area contributed by atoms with Crippen LogP contribution in [0.15, 0.2) is 59.8 Å². The summed E-state index contributed by atoms with van der Waals surface area (Å²) in [7, 11) is -3.71. The molecule has 5 N–H and O–H groups in total. The number of piperidine rings is 1. The molecule has 0 unspecified atom stereocenters. The molecular weight excluding hydrogens is 504 g/mol. The molecule has 0 aliphatic carbocycles. The molecule has 3 aromatic heterocycles. The van der Waals surface area contributed by atoms with E-state index in [4.69, 9.17) is 16.1 Å². The van der Waals surface area contributed by atoms with Crippen molar-refractivity contribution in [2.45, 2.75) is 48.6 Å². The highest BCUT2D eigenvalue weighted by atomic mass is 32.2. The van der Waals surface area contributed by atoms with Crippen molar-refractivity contribution in [1.82, 2.24) is 30.0 Å². The highest BCUT2D eigenvalue weighted by Crippen LogP contribution is 2.45. The quantitative estimate of drug-likeness (QED) is 0.176. The second-order valence-electron chi connectivity index (χ2n) is 10.00. The van der Waals surface area contributed by atoms with Crippen molar-refractivity contribution < 1.29 is 13.6 Å². The predicted octanol–water partition coefficient (Wildman–Crippen LogP) is 3.07. The number of pyridine rings is 1. The molecule has 2 aliphatic rings. The minimum atomic E-state index is -3.71. The summed E-state index contributed by atoms with van der Waals surface area (Å²) in [4.78, 5) is 11.4. The lowest BCUT2D eigenvalue weighted by atomic mass is 9.88. The predicted molar refractivity (Wildman–Crippen MR) is 142 cm³/mol. The fourth-order valence-electron chi connectivity index (χ4n) is 6.03. The number of nitrogen functional groups attached to an aromatic ring is 1. The van der Waals surface area contributed by atoms with Crippen molar-refractivity contribution in [1.29, 1.82) is 5.41 Å². The van der Waals surface area contributed by atoms with Gasteiger partial charge in [-0.05, 0) is 31.7 Å². The zero-order valence-corrected chi connectivity index (χ0v) is 21.6. The van der Waals surface area contributed by atoms with Gasteiger partial charge < -0.3 is 10.6 Å². The highest BCUT2D eigenvalue weighted by Gasteiger charge is 2.44. The molecule has 4 aromatic rings. The summed E-state index contributed by atoms with van der Waals surface area (Å²) < 4.78 is 27.3. The molecule has 38 heavy (non-hydrogen) atoms. The van der Waals surface area contributed by atoms with Crippen LogP contribution in [0.2, 0.25) is 0 Å². The highest BCUT2D eigenvalue weighted by molar-refractivity contribution is 7.91. The van der Waals surface area contributed by atoms with Crippen molar-refractivity contribution in [2.24, 2.45) is 0 Å². The summed E-state index contributed by atoms with van der Waals surface area (Å²) in [6.45, 7) is 0. The maximum atomic E-state index is 12.9. The van der Waals surface area contributed by atoms with Gasteiger partial charge in [0.05, 0.1) is 17.6 Å². The van der Waals surface area contributed by atoms with Crippen LogP contribution >= 0.6 is 0 Å². The summed E-state index contributed by atoms with van der Waals surface area (Å²) in [5.41, 5.74) is 12.7. The lowest BCUT2D eigenvalue weighted by Gasteiger charge is -2.39. The van der Waals surface area contributed by atoms with Crippen LogP contribution in [0.3, 0.4) is 0 Å². The summed E-state index contributed by atoms with van der Waals surface area (Å²) in [6, 6.07) is 13.7. The second kappa shape index (κ2) is 9.07. The van der Waals surface area contributed by atoms with Gasteiger partial charge in [-0.2, -0.15) is 9.61 Å². The van der Waals surface area contributed by atoms with Gasteiger partial charge in [-0.25, -0.2) is 18.9 Å². The number of rotatable bonds is 4. The van der Waals surface area contributed by atoms with Crippen LogP contribution in [-0.2, 0) is 9.84 Å². The van der Waals surface area contributed by atoms with Gasteiger partial charge in [-0.1, -0.05) is 36.4 Å². The third-order valence-corrected chi connectivity index (χ3v) is 8.82. The van der Waals surface area contributed by atoms with Crippen molar-refractivity contribution >= 4 is 27.3 Å². The summed E-state index contributed by atoms with van der Waals surface area (Å²) >= 11 is 0. The number of anilines is 1. The third-order valence-electron chi connectivity index (χ3n) is 7.66. The number of aromatic nitrogens is 4. The molecule has 12 heteroatoms. The Kier molecular flexibility index (Phi) is 5.80. The Balaban J connectivity index is 1.44. The molecule has 11 nitrogen and oxygen atoms in total. The SMILES string of the molecule is CS(=O)(=O)c1c([C@@H]2C[C@H]3CC[C@@H](C2)N3C(=N)NO)nc2c(-c3ccc(-c4ccccc4)nc3)cnn2c1N. The Labute approximate surface area is 219 Å². The van der Waals surface area contributed by atoms with Gasteiger partial charge in [0.1, 0.15) is 10.7 Å². The van der Waals surface area contributed by atoms with Crippen LogP contribution in [0.1, 0.15) is 37.3 Å². The molecule has 2 fully saturated rings. The Morgan fingerprint density at radius 2 is 1.79 bits per heavy atom. The molecular formula is C26H28N8O3S. The van der Waals surface area contributed by atoms with E-state index in [1.54, 1.807) is 12.4 Å². The van der Waals surface area contributed by atoms with E-state index in [1.165, 1.54) is 4.52 Å². The maximum Gasteiger partial charge on any atom is 0.215 e. The van der Waals surface area contributed by atoms with Gasteiger partial charge in [-0.15, -0.1) is 0 Å². The lowest BCUT2D eigenvalue weighted by molar-refractivity contribution is 0.159. The smallest absolute Gasteiger partial charge is 0.215 e. The average molecular weight is 533 g/mol. The van der Waals surface area contributed by atoms with E-state index < -0.39 is 9.84 Å². The molecule has 0 spiro atoms. The van der Waals surface area contributed by atoms with Crippen molar-refractivity contribution in [3.8, 4) is 22.4 Å². The second-order valence-corrected chi connectivity index (χ2v) is 11.9. The van der Waals surface area contributed by atoms with Crippen molar-refractivity contribution in [3.05, 3.63) is 60.6 Å². The van der Waals surface area contributed by atoms with Crippen LogP contribution in [0.25, 0.3) is 28.0 Å². The molecule has 196 valence electrons. The minimum Gasteiger partial charge on any atom is -0.382 e. The van der Waals surface area contributed by atoms with Gasteiger partial charge in [0.15, 0.2) is 15.5 Å². The summed E-state index contributed by atoms with van der Waals surface area (Å²) in [6.07, 6.45) is 7.44. The van der Waals surface area contributed by atoms with Crippen LogP contribution in [0.5, 0.6) is 0 Å².